The maximum atomic E-state index is 12.0. The number of nitrogens with one attached hydrogen (secondary N) is 1. The molecule has 22 heavy (non-hydrogen) atoms. The summed E-state index contributed by atoms with van der Waals surface area (Å²) < 4.78 is 1.63. The Hall–Kier alpha value is -1.99. The number of H-pyrrole nitrogens is 1. The monoisotopic (exact) mass is 421 g/mol. The first kappa shape index (κ1) is 14.9. The normalized spacial score (nSPS) is 11.4. The molecule has 3 aromatic rings. The van der Waals surface area contributed by atoms with Crippen molar-refractivity contribution >= 4 is 54.4 Å². The van der Waals surface area contributed by atoms with Crippen molar-refractivity contribution in [3.63, 3.8) is 0 Å². The molecule has 0 aliphatic carbocycles. The predicted molar refractivity (Wildman–Crippen MR) is 90.7 cm³/mol. The molecule has 0 bridgehead atoms. The molecule has 1 amide bonds. The van der Waals surface area contributed by atoms with Gasteiger partial charge in [0.2, 0.25) is 5.88 Å². The number of amides is 1. The van der Waals surface area contributed by atoms with Gasteiger partial charge in [-0.1, -0.05) is 37.9 Å². The van der Waals surface area contributed by atoms with E-state index >= 15 is 0 Å². The highest BCUT2D eigenvalue weighted by atomic mass is 79.9. The summed E-state index contributed by atoms with van der Waals surface area (Å²) in [5, 5.41) is 18.2. The lowest BCUT2D eigenvalue weighted by Crippen LogP contribution is -1.92. The molecule has 0 radical (unpaired) electrons. The van der Waals surface area contributed by atoms with Crippen molar-refractivity contribution in [1.82, 2.24) is 4.98 Å². The molecule has 0 unspecified atom stereocenters. The molecule has 5 nitrogen and oxygen atoms in total. The Balaban J connectivity index is 1.97. The zero-order chi connectivity index (χ0) is 15.7. The largest absolute Gasteiger partial charge is 0.493 e. The first-order valence-corrected chi connectivity index (χ1v) is 7.85. The number of aromatic nitrogens is 1. The average molecular weight is 423 g/mol. The summed E-state index contributed by atoms with van der Waals surface area (Å²) >= 11 is 6.66. The predicted octanol–water partition coefficient (Wildman–Crippen LogP) is 5.32. The number of aromatic hydroxyl groups is 1. The quantitative estimate of drug-likeness (QED) is 0.548. The Morgan fingerprint density at radius 1 is 1.09 bits per heavy atom. The average Bonchev–Trinajstić information content (AvgIpc) is 2.80. The van der Waals surface area contributed by atoms with Gasteiger partial charge in [0.25, 0.3) is 5.91 Å². The lowest BCUT2D eigenvalue weighted by molar-refractivity contribution is 0.0995. The summed E-state index contributed by atoms with van der Waals surface area (Å²) in [5.41, 5.74) is 1.36. The number of benzene rings is 2. The van der Waals surface area contributed by atoms with E-state index in [1.807, 2.05) is 12.1 Å². The zero-order valence-electron chi connectivity index (χ0n) is 11.0. The fourth-order valence-corrected chi connectivity index (χ4v) is 2.77. The first-order chi connectivity index (χ1) is 10.5. The van der Waals surface area contributed by atoms with Crippen LogP contribution in [-0.4, -0.2) is 16.0 Å². The maximum Gasteiger partial charge on any atom is 0.295 e. The van der Waals surface area contributed by atoms with Gasteiger partial charge in [0.15, 0.2) is 5.69 Å². The molecule has 0 atom stereocenters. The fraction of sp³-hybridized carbons (Fsp3) is 0. The van der Waals surface area contributed by atoms with Crippen LogP contribution in [0.2, 0.25) is 0 Å². The van der Waals surface area contributed by atoms with Crippen LogP contribution in [0.3, 0.4) is 0 Å². The number of carbonyl (C=O) groups excluding carboxylic acids is 1. The summed E-state index contributed by atoms with van der Waals surface area (Å²) in [5.74, 6) is -0.607. The van der Waals surface area contributed by atoms with E-state index in [-0.39, 0.29) is 11.6 Å². The van der Waals surface area contributed by atoms with E-state index < -0.39 is 5.91 Å². The van der Waals surface area contributed by atoms with Gasteiger partial charge >= 0.3 is 0 Å². The Morgan fingerprint density at radius 3 is 2.64 bits per heavy atom. The molecule has 0 aliphatic heterocycles. The van der Waals surface area contributed by atoms with Crippen LogP contribution in [0.5, 0.6) is 5.88 Å². The van der Waals surface area contributed by atoms with Gasteiger partial charge in [0, 0.05) is 19.9 Å². The lowest BCUT2D eigenvalue weighted by atomic mass is 10.2. The van der Waals surface area contributed by atoms with Crippen LogP contribution in [0.15, 0.2) is 61.6 Å². The second-order valence-electron chi connectivity index (χ2n) is 4.53. The van der Waals surface area contributed by atoms with Crippen LogP contribution < -0.4 is 0 Å². The number of halogens is 2. The van der Waals surface area contributed by atoms with Gasteiger partial charge in [0.1, 0.15) is 0 Å². The van der Waals surface area contributed by atoms with E-state index in [1.54, 1.807) is 30.3 Å². The number of azo groups is 1. The number of nitrogens with zero attached hydrogens (tertiary/aromatic N) is 2. The number of carbonyl (C=O) groups is 1. The van der Waals surface area contributed by atoms with Gasteiger partial charge < -0.3 is 10.1 Å². The fourth-order valence-electron chi connectivity index (χ4n) is 2.01. The molecule has 0 aliphatic rings. The van der Waals surface area contributed by atoms with E-state index in [2.05, 4.69) is 47.1 Å². The summed E-state index contributed by atoms with van der Waals surface area (Å²) in [6, 6.07) is 12.3. The van der Waals surface area contributed by atoms with Crippen molar-refractivity contribution in [3.8, 4) is 5.88 Å². The lowest BCUT2D eigenvalue weighted by Gasteiger charge is -1.96. The standard InChI is InChI=1S/C15H9Br2N3O2/c16-9-3-1-2-8(6-9)14(21)20-19-13-11-7-10(17)4-5-12(11)18-15(13)22/h1-7,18,22H. The van der Waals surface area contributed by atoms with Gasteiger partial charge in [0.05, 0.1) is 5.52 Å². The van der Waals surface area contributed by atoms with E-state index in [0.717, 1.165) is 8.95 Å². The zero-order valence-corrected chi connectivity index (χ0v) is 14.2. The van der Waals surface area contributed by atoms with Crippen LogP contribution in [-0.2, 0) is 0 Å². The minimum Gasteiger partial charge on any atom is -0.493 e. The van der Waals surface area contributed by atoms with Crippen molar-refractivity contribution in [2.75, 3.05) is 0 Å². The molecule has 0 fully saturated rings. The van der Waals surface area contributed by atoms with E-state index in [1.165, 1.54) is 0 Å². The summed E-state index contributed by atoms with van der Waals surface area (Å²) in [6.45, 7) is 0. The van der Waals surface area contributed by atoms with Crippen LogP contribution in [0.4, 0.5) is 5.69 Å². The topological polar surface area (TPSA) is 77.8 Å². The Kier molecular flexibility index (Phi) is 4.08. The van der Waals surface area contributed by atoms with Crippen molar-refractivity contribution in [2.45, 2.75) is 0 Å². The highest BCUT2D eigenvalue weighted by Crippen LogP contribution is 2.36. The summed E-state index contributed by atoms with van der Waals surface area (Å²) in [6.07, 6.45) is 0. The third-order valence-electron chi connectivity index (χ3n) is 3.03. The smallest absolute Gasteiger partial charge is 0.295 e. The molecule has 0 spiro atoms. The van der Waals surface area contributed by atoms with E-state index in [9.17, 15) is 9.90 Å². The molecule has 2 N–H and O–H groups in total. The Labute approximate surface area is 142 Å². The molecule has 1 heterocycles. The van der Waals surface area contributed by atoms with Crippen molar-refractivity contribution in [1.29, 1.82) is 0 Å². The van der Waals surface area contributed by atoms with E-state index in [4.69, 9.17) is 0 Å². The third-order valence-corrected chi connectivity index (χ3v) is 4.01. The van der Waals surface area contributed by atoms with Gasteiger partial charge in [-0.2, -0.15) is 0 Å². The highest BCUT2D eigenvalue weighted by molar-refractivity contribution is 9.10. The molecule has 1 aromatic heterocycles. The minimum absolute atomic E-state index is 0.126. The van der Waals surface area contributed by atoms with Crippen LogP contribution >= 0.6 is 31.9 Å². The molecular weight excluding hydrogens is 414 g/mol. The second kappa shape index (κ2) is 6.02. The molecule has 110 valence electrons. The SMILES string of the molecule is O=C(N=Nc1c(O)[nH]c2ccc(Br)cc12)c1cccc(Br)c1. The van der Waals surface area contributed by atoms with Crippen molar-refractivity contribution in [3.05, 3.63) is 57.0 Å². The van der Waals surface area contributed by atoms with Gasteiger partial charge in [-0.15, -0.1) is 10.2 Å². The molecule has 2 aromatic carbocycles. The molecule has 7 heteroatoms. The second-order valence-corrected chi connectivity index (χ2v) is 6.36. The number of rotatable bonds is 2. The minimum atomic E-state index is -0.481. The number of hydrogen-bond donors (Lipinski definition) is 2. The molecule has 0 saturated carbocycles. The summed E-state index contributed by atoms with van der Waals surface area (Å²) in [4.78, 5) is 14.8. The Morgan fingerprint density at radius 2 is 1.86 bits per heavy atom. The molecule has 0 saturated heterocycles. The first-order valence-electron chi connectivity index (χ1n) is 6.26. The number of aromatic amines is 1. The van der Waals surface area contributed by atoms with E-state index in [0.29, 0.717) is 16.5 Å². The van der Waals surface area contributed by atoms with Gasteiger partial charge in [-0.3, -0.25) is 4.79 Å². The summed E-state index contributed by atoms with van der Waals surface area (Å²) in [7, 11) is 0. The van der Waals surface area contributed by atoms with Gasteiger partial charge in [-0.25, -0.2) is 0 Å². The maximum absolute atomic E-state index is 12.0. The molecule has 3 rings (SSSR count). The Bertz CT molecular complexity index is 903. The number of fused-ring (bicyclic) bond motifs is 1. The number of hydrogen-bond acceptors (Lipinski definition) is 3. The van der Waals surface area contributed by atoms with Crippen molar-refractivity contribution in [2.24, 2.45) is 10.2 Å². The van der Waals surface area contributed by atoms with Crippen LogP contribution in [0.25, 0.3) is 10.9 Å². The highest BCUT2D eigenvalue weighted by Gasteiger charge is 2.12. The van der Waals surface area contributed by atoms with Gasteiger partial charge in [-0.05, 0) is 36.4 Å². The third kappa shape index (κ3) is 2.95. The van der Waals surface area contributed by atoms with Crippen molar-refractivity contribution < 1.29 is 9.90 Å². The molecular formula is C15H9Br2N3O2. The van der Waals surface area contributed by atoms with Crippen LogP contribution in [0.1, 0.15) is 10.4 Å². The van der Waals surface area contributed by atoms with Crippen LogP contribution in [0, 0.1) is 0 Å².